The highest BCUT2D eigenvalue weighted by atomic mass is 32.2. The smallest absolute Gasteiger partial charge is 0.00684 e. The summed E-state index contributed by atoms with van der Waals surface area (Å²) in [6.45, 7) is 10.7. The lowest BCUT2D eigenvalue weighted by atomic mass is 9.75. The fourth-order valence-electron chi connectivity index (χ4n) is 1.97. The van der Waals surface area contributed by atoms with Gasteiger partial charge in [-0.25, -0.2) is 0 Å². The van der Waals surface area contributed by atoms with Crippen LogP contribution >= 0.6 is 11.8 Å². The van der Waals surface area contributed by atoms with Crippen molar-refractivity contribution in [2.45, 2.75) is 59.4 Å². The minimum atomic E-state index is 0.497. The van der Waals surface area contributed by atoms with Gasteiger partial charge in [-0.3, -0.25) is 0 Å². The van der Waals surface area contributed by atoms with Crippen LogP contribution in [0.1, 0.15) is 53.4 Å². The van der Waals surface area contributed by atoms with Crippen molar-refractivity contribution >= 4 is 11.8 Å². The largest absolute Gasteiger partial charge is 0.313 e. The number of hydrogen-bond acceptors (Lipinski definition) is 2. The third-order valence-corrected chi connectivity index (χ3v) is 4.99. The second-order valence-electron chi connectivity index (χ2n) is 5.76. The van der Waals surface area contributed by atoms with E-state index in [1.54, 1.807) is 0 Å². The van der Waals surface area contributed by atoms with E-state index < -0.39 is 0 Å². The number of nitrogens with one attached hydrogen (secondary N) is 1. The highest BCUT2D eigenvalue weighted by Crippen LogP contribution is 2.33. The van der Waals surface area contributed by atoms with Crippen LogP contribution < -0.4 is 5.32 Å². The van der Waals surface area contributed by atoms with Gasteiger partial charge < -0.3 is 5.32 Å². The first kappa shape index (κ1) is 14.4. The van der Waals surface area contributed by atoms with Gasteiger partial charge in [0.15, 0.2) is 0 Å². The highest BCUT2D eigenvalue weighted by Gasteiger charge is 2.30. The van der Waals surface area contributed by atoms with Crippen LogP contribution in [-0.4, -0.2) is 24.1 Å². The van der Waals surface area contributed by atoms with Crippen molar-refractivity contribution in [1.82, 2.24) is 5.32 Å². The van der Waals surface area contributed by atoms with Crippen molar-refractivity contribution in [3.63, 3.8) is 0 Å². The molecule has 16 heavy (non-hydrogen) atoms. The van der Waals surface area contributed by atoms with Gasteiger partial charge in [-0.15, -0.1) is 0 Å². The Labute approximate surface area is 106 Å². The Hall–Kier alpha value is 0.310. The van der Waals surface area contributed by atoms with E-state index in [-0.39, 0.29) is 0 Å². The van der Waals surface area contributed by atoms with E-state index in [0.29, 0.717) is 5.41 Å². The standard InChI is InChI=1S/C14H29NS/c1-5-16-10-6-9-14(4,12(2)3)11-15-13-7-8-13/h12-13,15H,5-11H2,1-4H3. The number of thioether (sulfide) groups is 1. The summed E-state index contributed by atoms with van der Waals surface area (Å²) in [5.41, 5.74) is 0.497. The maximum atomic E-state index is 3.71. The molecule has 0 bridgehead atoms. The van der Waals surface area contributed by atoms with Gasteiger partial charge in [0.1, 0.15) is 0 Å². The number of rotatable bonds is 9. The van der Waals surface area contributed by atoms with E-state index in [1.165, 1.54) is 43.7 Å². The Morgan fingerprint density at radius 1 is 1.38 bits per heavy atom. The molecule has 0 aromatic heterocycles. The first-order chi connectivity index (χ1) is 7.58. The lowest BCUT2D eigenvalue weighted by Gasteiger charge is -2.34. The summed E-state index contributed by atoms with van der Waals surface area (Å²) < 4.78 is 0. The van der Waals surface area contributed by atoms with E-state index in [2.05, 4.69) is 44.8 Å². The molecule has 0 aromatic rings. The van der Waals surface area contributed by atoms with E-state index in [9.17, 15) is 0 Å². The molecule has 1 atom stereocenters. The Bertz CT molecular complexity index is 189. The molecular weight excluding hydrogens is 214 g/mol. The first-order valence-corrected chi connectivity index (χ1v) is 8.05. The van der Waals surface area contributed by atoms with Gasteiger partial charge in [-0.2, -0.15) is 11.8 Å². The summed E-state index contributed by atoms with van der Waals surface area (Å²) in [7, 11) is 0. The van der Waals surface area contributed by atoms with Gasteiger partial charge in [0, 0.05) is 12.6 Å². The fraction of sp³-hybridized carbons (Fsp3) is 1.00. The van der Waals surface area contributed by atoms with E-state index in [0.717, 1.165) is 12.0 Å². The van der Waals surface area contributed by atoms with Gasteiger partial charge in [0.05, 0.1) is 0 Å². The van der Waals surface area contributed by atoms with Gasteiger partial charge in [-0.1, -0.05) is 27.7 Å². The topological polar surface area (TPSA) is 12.0 Å². The Balaban J connectivity index is 2.24. The predicted octanol–water partition coefficient (Wildman–Crippen LogP) is 3.93. The van der Waals surface area contributed by atoms with Crippen LogP contribution in [0.2, 0.25) is 0 Å². The quantitative estimate of drug-likeness (QED) is 0.616. The first-order valence-electron chi connectivity index (χ1n) is 6.89. The molecule has 0 aliphatic heterocycles. The van der Waals surface area contributed by atoms with Crippen molar-refractivity contribution < 1.29 is 0 Å². The van der Waals surface area contributed by atoms with Gasteiger partial charge in [0.25, 0.3) is 0 Å². The molecule has 1 aliphatic carbocycles. The van der Waals surface area contributed by atoms with Crippen LogP contribution in [0.4, 0.5) is 0 Å². The van der Waals surface area contributed by atoms with Crippen molar-refractivity contribution in [3.8, 4) is 0 Å². The number of hydrogen-bond donors (Lipinski definition) is 1. The molecular formula is C14H29NS. The third-order valence-electron chi connectivity index (χ3n) is 4.01. The Morgan fingerprint density at radius 3 is 2.56 bits per heavy atom. The predicted molar refractivity (Wildman–Crippen MR) is 76.2 cm³/mol. The van der Waals surface area contributed by atoms with Crippen LogP contribution in [-0.2, 0) is 0 Å². The maximum Gasteiger partial charge on any atom is 0.00684 e. The molecule has 0 aromatic carbocycles. The second kappa shape index (κ2) is 6.90. The van der Waals surface area contributed by atoms with Crippen molar-refractivity contribution in [3.05, 3.63) is 0 Å². The summed E-state index contributed by atoms with van der Waals surface area (Å²) in [4.78, 5) is 0. The van der Waals surface area contributed by atoms with Crippen LogP contribution in [0, 0.1) is 11.3 Å². The second-order valence-corrected chi connectivity index (χ2v) is 7.16. The van der Waals surface area contributed by atoms with Crippen LogP contribution in [0.5, 0.6) is 0 Å². The molecule has 1 aliphatic rings. The van der Waals surface area contributed by atoms with E-state index >= 15 is 0 Å². The van der Waals surface area contributed by atoms with Gasteiger partial charge in [0.2, 0.25) is 0 Å². The zero-order chi connectivity index (χ0) is 12.0. The molecule has 1 saturated carbocycles. The third kappa shape index (κ3) is 5.09. The molecule has 0 saturated heterocycles. The minimum Gasteiger partial charge on any atom is -0.313 e. The molecule has 96 valence electrons. The van der Waals surface area contributed by atoms with Crippen molar-refractivity contribution in [1.29, 1.82) is 0 Å². The SMILES string of the molecule is CCSCCCC(C)(CNC1CC1)C(C)C. The van der Waals surface area contributed by atoms with Gasteiger partial charge in [-0.05, 0) is 48.5 Å². The molecule has 1 nitrogen and oxygen atoms in total. The Kier molecular flexibility index (Phi) is 6.20. The highest BCUT2D eigenvalue weighted by molar-refractivity contribution is 7.99. The molecule has 1 fully saturated rings. The summed E-state index contributed by atoms with van der Waals surface area (Å²) in [6.07, 6.45) is 5.55. The zero-order valence-corrected chi connectivity index (χ0v) is 12.3. The molecule has 1 rings (SSSR count). The molecule has 0 radical (unpaired) electrons. The summed E-state index contributed by atoms with van der Waals surface area (Å²) >= 11 is 2.08. The van der Waals surface area contributed by atoms with Crippen molar-refractivity contribution in [2.24, 2.45) is 11.3 Å². The monoisotopic (exact) mass is 243 g/mol. The summed E-state index contributed by atoms with van der Waals surface area (Å²) in [6, 6.07) is 0.850. The molecule has 0 amide bonds. The van der Waals surface area contributed by atoms with Crippen LogP contribution in [0.15, 0.2) is 0 Å². The average Bonchev–Trinajstić information content (AvgIpc) is 3.05. The van der Waals surface area contributed by atoms with Crippen molar-refractivity contribution in [2.75, 3.05) is 18.1 Å². The molecule has 1 unspecified atom stereocenters. The lowest BCUT2D eigenvalue weighted by Crippen LogP contribution is -2.37. The van der Waals surface area contributed by atoms with E-state index in [1.807, 2.05) is 0 Å². The molecule has 2 heteroatoms. The average molecular weight is 243 g/mol. The zero-order valence-electron chi connectivity index (χ0n) is 11.5. The maximum absolute atomic E-state index is 3.71. The molecule has 0 spiro atoms. The normalized spacial score (nSPS) is 20.1. The Morgan fingerprint density at radius 2 is 2.06 bits per heavy atom. The van der Waals surface area contributed by atoms with E-state index in [4.69, 9.17) is 0 Å². The van der Waals surface area contributed by atoms with Crippen LogP contribution in [0.3, 0.4) is 0 Å². The minimum absolute atomic E-state index is 0.497. The summed E-state index contributed by atoms with van der Waals surface area (Å²) in [5, 5.41) is 3.71. The van der Waals surface area contributed by atoms with Gasteiger partial charge >= 0.3 is 0 Å². The molecule has 0 heterocycles. The summed E-state index contributed by atoms with van der Waals surface area (Å²) in [5.74, 6) is 3.38. The fourth-order valence-corrected chi connectivity index (χ4v) is 2.61. The lowest BCUT2D eigenvalue weighted by molar-refractivity contribution is 0.189. The van der Waals surface area contributed by atoms with Crippen LogP contribution in [0.25, 0.3) is 0 Å². The molecule has 1 N–H and O–H groups in total.